The Labute approximate surface area is 79.6 Å². The fourth-order valence-electron chi connectivity index (χ4n) is 1.60. The molecule has 0 saturated heterocycles. The molecule has 1 aliphatic rings. The number of imidazole rings is 1. The van der Waals surface area contributed by atoms with Crippen LogP contribution in [0.15, 0.2) is 4.60 Å². The average molecular weight is 231 g/mol. The van der Waals surface area contributed by atoms with Gasteiger partial charge in [0.1, 0.15) is 10.4 Å². The van der Waals surface area contributed by atoms with Gasteiger partial charge >= 0.3 is 0 Å². The van der Waals surface area contributed by atoms with E-state index in [1.807, 2.05) is 0 Å². The van der Waals surface area contributed by atoms with Gasteiger partial charge in [0.2, 0.25) is 0 Å². The molecule has 0 fully saturated rings. The molecule has 12 heavy (non-hydrogen) atoms. The van der Waals surface area contributed by atoms with Gasteiger partial charge in [-0.15, -0.1) is 0 Å². The van der Waals surface area contributed by atoms with Crippen molar-refractivity contribution in [2.24, 2.45) is 0 Å². The number of aliphatic hydroxyl groups is 1. The molecule has 0 atom stereocenters. The largest absolute Gasteiger partial charge is 0.390 e. The summed E-state index contributed by atoms with van der Waals surface area (Å²) in [6, 6.07) is 0. The van der Waals surface area contributed by atoms with Crippen LogP contribution in [0.3, 0.4) is 0 Å². The lowest BCUT2D eigenvalue weighted by Crippen LogP contribution is -2.10. The van der Waals surface area contributed by atoms with Crippen molar-refractivity contribution in [1.82, 2.24) is 9.55 Å². The van der Waals surface area contributed by atoms with Gasteiger partial charge in [0.15, 0.2) is 0 Å². The molecule has 0 radical (unpaired) electrons. The minimum Gasteiger partial charge on any atom is -0.390 e. The van der Waals surface area contributed by atoms with Gasteiger partial charge in [-0.25, -0.2) is 4.98 Å². The van der Waals surface area contributed by atoms with Crippen LogP contribution in [0.1, 0.15) is 24.4 Å². The summed E-state index contributed by atoms with van der Waals surface area (Å²) in [5, 5.41) is 8.96. The van der Waals surface area contributed by atoms with Crippen LogP contribution in [-0.2, 0) is 19.6 Å². The highest BCUT2D eigenvalue weighted by Gasteiger charge is 2.16. The molecule has 0 aliphatic carbocycles. The van der Waals surface area contributed by atoms with Crippen molar-refractivity contribution in [3.63, 3.8) is 0 Å². The molecule has 1 aromatic heterocycles. The van der Waals surface area contributed by atoms with Crippen LogP contribution in [-0.4, -0.2) is 14.7 Å². The normalized spacial score (nSPS) is 16.2. The SMILES string of the molecule is OCc1nc2n(c1Br)CCCC2. The summed E-state index contributed by atoms with van der Waals surface area (Å²) in [5.41, 5.74) is 0.770. The van der Waals surface area contributed by atoms with Crippen molar-refractivity contribution in [2.45, 2.75) is 32.4 Å². The summed E-state index contributed by atoms with van der Waals surface area (Å²) in [6.07, 6.45) is 3.47. The zero-order chi connectivity index (χ0) is 8.55. The van der Waals surface area contributed by atoms with E-state index in [-0.39, 0.29) is 6.61 Å². The Balaban J connectivity index is 2.44. The maximum absolute atomic E-state index is 8.96. The van der Waals surface area contributed by atoms with Crippen molar-refractivity contribution in [1.29, 1.82) is 0 Å². The number of halogens is 1. The molecule has 4 heteroatoms. The van der Waals surface area contributed by atoms with Crippen molar-refractivity contribution in [2.75, 3.05) is 0 Å². The fraction of sp³-hybridized carbons (Fsp3) is 0.625. The maximum Gasteiger partial charge on any atom is 0.110 e. The molecular weight excluding hydrogens is 220 g/mol. The number of aromatic nitrogens is 2. The Bertz CT molecular complexity index is 295. The van der Waals surface area contributed by atoms with Crippen molar-refractivity contribution in [3.8, 4) is 0 Å². The topological polar surface area (TPSA) is 38.1 Å². The predicted octanol–water partition coefficient (Wildman–Crippen LogP) is 1.47. The molecule has 0 saturated carbocycles. The van der Waals surface area contributed by atoms with Crippen molar-refractivity contribution >= 4 is 15.9 Å². The monoisotopic (exact) mass is 230 g/mol. The summed E-state index contributed by atoms with van der Waals surface area (Å²) < 4.78 is 3.11. The number of aryl methyl sites for hydroxylation is 1. The molecule has 0 unspecified atom stereocenters. The van der Waals surface area contributed by atoms with Crippen LogP contribution < -0.4 is 0 Å². The lowest BCUT2D eigenvalue weighted by Gasteiger charge is -2.13. The van der Waals surface area contributed by atoms with Gasteiger partial charge in [-0.05, 0) is 28.8 Å². The first-order valence-electron chi connectivity index (χ1n) is 4.17. The van der Waals surface area contributed by atoms with Crippen molar-refractivity contribution in [3.05, 3.63) is 16.1 Å². The molecule has 0 bridgehead atoms. The molecule has 0 spiro atoms. The molecule has 0 amide bonds. The standard InChI is InChI=1S/C8H11BrN2O/c9-8-6(5-12)10-7-3-1-2-4-11(7)8/h12H,1-5H2. The van der Waals surface area contributed by atoms with Gasteiger partial charge in [-0.1, -0.05) is 0 Å². The summed E-state index contributed by atoms with van der Waals surface area (Å²) in [6.45, 7) is 1.06. The van der Waals surface area contributed by atoms with E-state index < -0.39 is 0 Å². The smallest absolute Gasteiger partial charge is 0.110 e. The van der Waals surface area contributed by atoms with E-state index in [1.165, 1.54) is 12.8 Å². The third-order valence-electron chi connectivity index (χ3n) is 2.23. The lowest BCUT2D eigenvalue weighted by atomic mass is 10.2. The van der Waals surface area contributed by atoms with E-state index in [2.05, 4.69) is 25.5 Å². The van der Waals surface area contributed by atoms with Gasteiger partial charge in [0.05, 0.1) is 12.3 Å². The summed E-state index contributed by atoms with van der Waals surface area (Å²) in [5.74, 6) is 1.11. The van der Waals surface area contributed by atoms with E-state index >= 15 is 0 Å². The first-order chi connectivity index (χ1) is 5.83. The molecule has 1 N–H and O–H groups in total. The van der Waals surface area contributed by atoms with E-state index in [4.69, 9.17) is 5.11 Å². The summed E-state index contributed by atoms with van der Waals surface area (Å²) in [4.78, 5) is 4.33. The quantitative estimate of drug-likeness (QED) is 0.794. The fourth-order valence-corrected chi connectivity index (χ4v) is 2.20. The highest BCUT2D eigenvalue weighted by Crippen LogP contribution is 2.23. The Morgan fingerprint density at radius 3 is 3.00 bits per heavy atom. The first-order valence-corrected chi connectivity index (χ1v) is 4.97. The van der Waals surface area contributed by atoms with Crippen LogP contribution in [0.25, 0.3) is 0 Å². The minimum atomic E-state index is 0.0284. The Morgan fingerprint density at radius 2 is 2.33 bits per heavy atom. The van der Waals surface area contributed by atoms with Crippen LogP contribution in [0.4, 0.5) is 0 Å². The maximum atomic E-state index is 8.96. The van der Waals surface area contributed by atoms with Gasteiger partial charge in [0.25, 0.3) is 0 Å². The number of nitrogens with zero attached hydrogens (tertiary/aromatic N) is 2. The second-order valence-electron chi connectivity index (χ2n) is 3.03. The molecule has 2 heterocycles. The highest BCUT2D eigenvalue weighted by molar-refractivity contribution is 9.10. The molecule has 2 rings (SSSR count). The highest BCUT2D eigenvalue weighted by atomic mass is 79.9. The van der Waals surface area contributed by atoms with Gasteiger partial charge in [-0.3, -0.25) is 0 Å². The Kier molecular flexibility index (Phi) is 2.19. The van der Waals surface area contributed by atoms with Crippen LogP contribution in [0.5, 0.6) is 0 Å². The second-order valence-corrected chi connectivity index (χ2v) is 3.78. The summed E-state index contributed by atoms with van der Waals surface area (Å²) >= 11 is 3.44. The third kappa shape index (κ3) is 1.19. The molecule has 1 aliphatic heterocycles. The lowest BCUT2D eigenvalue weighted by molar-refractivity contribution is 0.276. The van der Waals surface area contributed by atoms with Crippen LogP contribution >= 0.6 is 15.9 Å². The zero-order valence-corrected chi connectivity index (χ0v) is 8.34. The first kappa shape index (κ1) is 8.26. The van der Waals surface area contributed by atoms with Crippen LogP contribution in [0, 0.1) is 0 Å². The Hall–Kier alpha value is -0.350. The predicted molar refractivity (Wildman–Crippen MR) is 48.8 cm³/mol. The number of aliphatic hydroxyl groups excluding tert-OH is 1. The van der Waals surface area contributed by atoms with Crippen molar-refractivity contribution < 1.29 is 5.11 Å². The van der Waals surface area contributed by atoms with E-state index in [0.717, 1.165) is 29.1 Å². The van der Waals surface area contributed by atoms with E-state index in [1.54, 1.807) is 0 Å². The Morgan fingerprint density at radius 1 is 1.50 bits per heavy atom. The number of hydrogen-bond acceptors (Lipinski definition) is 2. The average Bonchev–Trinajstić information content (AvgIpc) is 2.44. The van der Waals surface area contributed by atoms with E-state index in [0.29, 0.717) is 0 Å². The molecule has 3 nitrogen and oxygen atoms in total. The second kappa shape index (κ2) is 3.18. The number of hydrogen-bond donors (Lipinski definition) is 1. The molecular formula is C8H11BrN2O. The third-order valence-corrected chi connectivity index (χ3v) is 3.12. The van der Waals surface area contributed by atoms with Gasteiger partial charge in [-0.2, -0.15) is 0 Å². The van der Waals surface area contributed by atoms with Gasteiger partial charge in [0, 0.05) is 13.0 Å². The van der Waals surface area contributed by atoms with E-state index in [9.17, 15) is 0 Å². The molecule has 66 valence electrons. The molecule has 0 aromatic carbocycles. The zero-order valence-electron chi connectivity index (χ0n) is 6.76. The molecule has 1 aromatic rings. The van der Waals surface area contributed by atoms with Crippen LogP contribution in [0.2, 0.25) is 0 Å². The number of fused-ring (bicyclic) bond motifs is 1. The number of rotatable bonds is 1. The minimum absolute atomic E-state index is 0.0284. The summed E-state index contributed by atoms with van der Waals surface area (Å²) in [7, 11) is 0. The van der Waals surface area contributed by atoms with Gasteiger partial charge < -0.3 is 9.67 Å².